The normalized spacial score (nSPS) is 10.4. The predicted molar refractivity (Wildman–Crippen MR) is 92.7 cm³/mol. The van der Waals surface area contributed by atoms with E-state index in [4.69, 9.17) is 31.5 Å². The van der Waals surface area contributed by atoms with E-state index in [1.165, 1.54) is 0 Å². The van der Waals surface area contributed by atoms with Crippen LogP contribution in [0.4, 0.5) is 0 Å². The van der Waals surface area contributed by atoms with Gasteiger partial charge in [-0.05, 0) is 43.2 Å². The molecule has 0 atom stereocenters. The highest BCUT2D eigenvalue weighted by Crippen LogP contribution is 2.36. The quantitative estimate of drug-likeness (QED) is 0.742. The fraction of sp³-hybridized carbons (Fsp3) is 0.333. The first-order chi connectivity index (χ1) is 11.2. The zero-order valence-corrected chi connectivity index (χ0v) is 14.2. The molecule has 2 N–H and O–H groups in total. The maximum atomic E-state index is 6.27. The van der Waals surface area contributed by atoms with Crippen LogP contribution in [0.2, 0.25) is 5.02 Å². The molecule has 5 heteroatoms. The summed E-state index contributed by atoms with van der Waals surface area (Å²) >= 11 is 6.27. The molecule has 0 aliphatic heterocycles. The van der Waals surface area contributed by atoms with E-state index in [0.29, 0.717) is 42.9 Å². The standard InChI is InChI=1S/C18H22ClNO3/c1-3-21-17-11-14(12-20)10-15(19)18(17)23-9-8-22-16-7-5-4-6-13(16)2/h4-7,10-11H,3,8-9,12,20H2,1-2H3. The lowest BCUT2D eigenvalue weighted by Gasteiger charge is -2.15. The third-order valence-corrected chi connectivity index (χ3v) is 3.57. The van der Waals surface area contributed by atoms with E-state index < -0.39 is 0 Å². The van der Waals surface area contributed by atoms with E-state index in [1.807, 2.05) is 44.2 Å². The lowest BCUT2D eigenvalue weighted by Crippen LogP contribution is -2.11. The molecule has 0 saturated carbocycles. The fourth-order valence-corrected chi connectivity index (χ4v) is 2.44. The Morgan fingerprint density at radius 3 is 2.43 bits per heavy atom. The summed E-state index contributed by atoms with van der Waals surface area (Å²) in [5.74, 6) is 1.99. The minimum atomic E-state index is 0.371. The zero-order valence-electron chi connectivity index (χ0n) is 13.5. The van der Waals surface area contributed by atoms with Crippen LogP contribution < -0.4 is 19.9 Å². The van der Waals surface area contributed by atoms with Crippen LogP contribution in [-0.2, 0) is 6.54 Å². The van der Waals surface area contributed by atoms with E-state index in [-0.39, 0.29) is 0 Å². The van der Waals surface area contributed by atoms with E-state index in [2.05, 4.69) is 0 Å². The van der Waals surface area contributed by atoms with Crippen LogP contribution in [0.25, 0.3) is 0 Å². The van der Waals surface area contributed by atoms with Crippen molar-refractivity contribution in [3.8, 4) is 17.2 Å². The van der Waals surface area contributed by atoms with Gasteiger partial charge in [0, 0.05) is 6.54 Å². The summed E-state index contributed by atoms with van der Waals surface area (Å²) in [4.78, 5) is 0. The van der Waals surface area contributed by atoms with Crippen molar-refractivity contribution in [3.05, 3.63) is 52.5 Å². The van der Waals surface area contributed by atoms with E-state index in [9.17, 15) is 0 Å². The first kappa shape index (κ1) is 17.4. The Hall–Kier alpha value is -1.91. The molecule has 0 bridgehead atoms. The molecular weight excluding hydrogens is 314 g/mol. The molecule has 4 nitrogen and oxygen atoms in total. The molecule has 23 heavy (non-hydrogen) atoms. The molecule has 2 aromatic carbocycles. The summed E-state index contributed by atoms with van der Waals surface area (Å²) in [7, 11) is 0. The summed E-state index contributed by atoms with van der Waals surface area (Å²) < 4.78 is 17.1. The van der Waals surface area contributed by atoms with Crippen molar-refractivity contribution >= 4 is 11.6 Å². The van der Waals surface area contributed by atoms with Gasteiger partial charge in [0.2, 0.25) is 0 Å². The smallest absolute Gasteiger partial charge is 0.179 e. The molecule has 0 aliphatic rings. The lowest BCUT2D eigenvalue weighted by molar-refractivity contribution is 0.208. The topological polar surface area (TPSA) is 53.7 Å². The Bertz CT molecular complexity index is 646. The number of ether oxygens (including phenoxy) is 3. The predicted octanol–water partition coefficient (Wildman–Crippen LogP) is 3.96. The third-order valence-electron chi connectivity index (χ3n) is 3.29. The molecule has 0 spiro atoms. The number of para-hydroxylation sites is 1. The van der Waals surface area contributed by atoms with Gasteiger partial charge in [0.25, 0.3) is 0 Å². The Kier molecular flexibility index (Phi) is 6.56. The highest BCUT2D eigenvalue weighted by Gasteiger charge is 2.12. The summed E-state index contributed by atoms with van der Waals surface area (Å²) in [6.45, 7) is 5.64. The van der Waals surface area contributed by atoms with Gasteiger partial charge in [0.1, 0.15) is 19.0 Å². The maximum Gasteiger partial charge on any atom is 0.179 e. The van der Waals surface area contributed by atoms with E-state index >= 15 is 0 Å². The molecule has 0 radical (unpaired) electrons. The van der Waals surface area contributed by atoms with Gasteiger partial charge in [0.15, 0.2) is 11.5 Å². The van der Waals surface area contributed by atoms with E-state index in [1.54, 1.807) is 6.07 Å². The van der Waals surface area contributed by atoms with Gasteiger partial charge in [-0.2, -0.15) is 0 Å². The molecule has 0 unspecified atom stereocenters. The minimum absolute atomic E-state index is 0.371. The molecule has 2 rings (SSSR count). The molecule has 124 valence electrons. The van der Waals surface area contributed by atoms with Crippen molar-refractivity contribution in [1.82, 2.24) is 0 Å². The molecule has 0 heterocycles. The minimum Gasteiger partial charge on any atom is -0.490 e. The van der Waals surface area contributed by atoms with Crippen molar-refractivity contribution in [3.63, 3.8) is 0 Å². The van der Waals surface area contributed by atoms with Gasteiger partial charge in [0.05, 0.1) is 11.6 Å². The highest BCUT2D eigenvalue weighted by molar-refractivity contribution is 6.32. The van der Waals surface area contributed by atoms with Crippen LogP contribution >= 0.6 is 11.6 Å². The number of hydrogen-bond donors (Lipinski definition) is 1. The van der Waals surface area contributed by atoms with Gasteiger partial charge in [-0.1, -0.05) is 29.8 Å². The average molecular weight is 336 g/mol. The second kappa shape index (κ2) is 8.65. The van der Waals surface area contributed by atoms with Crippen molar-refractivity contribution in [2.24, 2.45) is 5.73 Å². The van der Waals surface area contributed by atoms with Crippen molar-refractivity contribution in [2.45, 2.75) is 20.4 Å². The second-order valence-electron chi connectivity index (χ2n) is 5.00. The number of halogens is 1. The van der Waals surface area contributed by atoms with Crippen LogP contribution in [0.5, 0.6) is 17.2 Å². The summed E-state index contributed by atoms with van der Waals surface area (Å²) in [5, 5.41) is 0.493. The molecule has 2 aromatic rings. The third kappa shape index (κ3) is 4.78. The highest BCUT2D eigenvalue weighted by atomic mass is 35.5. The van der Waals surface area contributed by atoms with Crippen LogP contribution in [0.1, 0.15) is 18.1 Å². The first-order valence-electron chi connectivity index (χ1n) is 7.62. The van der Waals surface area contributed by atoms with E-state index in [0.717, 1.165) is 16.9 Å². The zero-order chi connectivity index (χ0) is 16.7. The molecule has 0 aromatic heterocycles. The van der Waals surface area contributed by atoms with Crippen LogP contribution in [-0.4, -0.2) is 19.8 Å². The van der Waals surface area contributed by atoms with Crippen LogP contribution in [0, 0.1) is 6.92 Å². The van der Waals surface area contributed by atoms with Crippen LogP contribution in [0.3, 0.4) is 0 Å². The number of rotatable bonds is 8. The van der Waals surface area contributed by atoms with Gasteiger partial charge >= 0.3 is 0 Å². The Morgan fingerprint density at radius 1 is 1.00 bits per heavy atom. The maximum absolute atomic E-state index is 6.27. The van der Waals surface area contributed by atoms with Gasteiger partial charge < -0.3 is 19.9 Å². The van der Waals surface area contributed by atoms with Crippen LogP contribution in [0.15, 0.2) is 36.4 Å². The SMILES string of the molecule is CCOc1cc(CN)cc(Cl)c1OCCOc1ccccc1C. The van der Waals surface area contributed by atoms with Gasteiger partial charge in [-0.15, -0.1) is 0 Å². The summed E-state index contributed by atoms with van der Waals surface area (Å²) in [6.07, 6.45) is 0. The largest absolute Gasteiger partial charge is 0.490 e. The molecule has 0 saturated heterocycles. The Morgan fingerprint density at radius 2 is 1.74 bits per heavy atom. The Labute approximate surface area is 142 Å². The van der Waals surface area contributed by atoms with Crippen molar-refractivity contribution in [1.29, 1.82) is 0 Å². The van der Waals surface area contributed by atoms with Gasteiger partial charge in [-0.3, -0.25) is 0 Å². The number of aryl methyl sites for hydroxylation is 1. The molecular formula is C18H22ClNO3. The molecule has 0 fully saturated rings. The molecule has 0 aliphatic carbocycles. The Balaban J connectivity index is 1.98. The second-order valence-corrected chi connectivity index (χ2v) is 5.41. The average Bonchev–Trinajstić information content (AvgIpc) is 2.55. The number of nitrogens with two attached hydrogens (primary N) is 1. The van der Waals surface area contributed by atoms with Crippen molar-refractivity contribution < 1.29 is 14.2 Å². The summed E-state index contributed by atoms with van der Waals surface area (Å²) in [5.41, 5.74) is 7.65. The fourth-order valence-electron chi connectivity index (χ4n) is 2.16. The monoisotopic (exact) mass is 335 g/mol. The molecule has 0 amide bonds. The lowest BCUT2D eigenvalue weighted by atomic mass is 10.2. The van der Waals surface area contributed by atoms with Crippen molar-refractivity contribution in [2.75, 3.05) is 19.8 Å². The number of hydrogen-bond acceptors (Lipinski definition) is 4. The summed E-state index contributed by atoms with van der Waals surface area (Å²) in [6, 6.07) is 11.5. The van der Waals surface area contributed by atoms with Gasteiger partial charge in [-0.25, -0.2) is 0 Å². The first-order valence-corrected chi connectivity index (χ1v) is 8.00. The number of benzene rings is 2.